The van der Waals surface area contributed by atoms with E-state index in [2.05, 4.69) is 6.92 Å². The van der Waals surface area contributed by atoms with Gasteiger partial charge in [-0.25, -0.2) is 13.2 Å². The lowest BCUT2D eigenvalue weighted by molar-refractivity contribution is 0.295. The fraction of sp³-hybridized carbons (Fsp3) is 0.556. The predicted molar refractivity (Wildman–Crippen MR) is 121 cm³/mol. The third-order valence-corrected chi connectivity index (χ3v) is 6.66. The molecule has 1 nitrogen and oxygen atoms in total. The second-order valence-electron chi connectivity index (χ2n) is 8.98. The monoisotopic (exact) mass is 450 g/mol. The van der Waals surface area contributed by atoms with Gasteiger partial charge in [-0.05, 0) is 61.6 Å². The molecule has 5 heteroatoms. The highest BCUT2D eigenvalue weighted by Crippen LogP contribution is 2.41. The zero-order chi connectivity index (χ0) is 23.1. The number of hydrogen-bond donors (Lipinski definition) is 0. The first kappa shape index (κ1) is 24.6. The molecule has 176 valence electrons. The zero-order valence-corrected chi connectivity index (χ0v) is 19.2. The van der Waals surface area contributed by atoms with E-state index in [1.54, 1.807) is 6.07 Å². The van der Waals surface area contributed by atoms with E-state index in [-0.39, 0.29) is 29.4 Å². The summed E-state index contributed by atoms with van der Waals surface area (Å²) in [7, 11) is 0. The minimum Gasteiger partial charge on any atom is -0.490 e. The number of rotatable bonds is 10. The minimum absolute atomic E-state index is 0.0307. The third kappa shape index (κ3) is 5.65. The van der Waals surface area contributed by atoms with Crippen LogP contribution in [0.2, 0.25) is 0 Å². The molecule has 2 aromatic carbocycles. The summed E-state index contributed by atoms with van der Waals surface area (Å²) >= 11 is 0. The summed E-state index contributed by atoms with van der Waals surface area (Å²) in [6.45, 7) is 4.29. The molecule has 0 spiro atoms. The molecule has 1 aliphatic carbocycles. The summed E-state index contributed by atoms with van der Waals surface area (Å²) in [6.07, 6.45) is 10.6. The van der Waals surface area contributed by atoms with E-state index in [1.165, 1.54) is 50.3 Å². The highest BCUT2D eigenvalue weighted by molar-refractivity contribution is 5.66. The topological polar surface area (TPSA) is 9.23 Å². The molecule has 1 fully saturated rings. The molecular weight excluding hydrogens is 416 g/mol. The summed E-state index contributed by atoms with van der Waals surface area (Å²) in [5.41, 5.74) is -0.223. The van der Waals surface area contributed by atoms with E-state index in [1.807, 2.05) is 6.92 Å². The fourth-order valence-corrected chi connectivity index (χ4v) is 4.77. The van der Waals surface area contributed by atoms with Crippen molar-refractivity contribution in [2.75, 3.05) is 6.61 Å². The van der Waals surface area contributed by atoms with Crippen LogP contribution in [0.5, 0.6) is 5.75 Å². The largest absolute Gasteiger partial charge is 0.490 e. The molecule has 0 N–H and O–H groups in total. The Morgan fingerprint density at radius 2 is 1.38 bits per heavy atom. The maximum atomic E-state index is 15.0. The zero-order valence-electron chi connectivity index (χ0n) is 19.2. The van der Waals surface area contributed by atoms with Gasteiger partial charge in [0.25, 0.3) is 0 Å². The van der Waals surface area contributed by atoms with Gasteiger partial charge in [-0.2, -0.15) is 4.39 Å². The van der Waals surface area contributed by atoms with Gasteiger partial charge in [-0.15, -0.1) is 0 Å². The average Bonchev–Trinajstić information content (AvgIpc) is 2.80. The quantitative estimate of drug-likeness (QED) is 0.259. The van der Waals surface area contributed by atoms with Gasteiger partial charge < -0.3 is 4.74 Å². The molecular formula is C27H34F4O. The van der Waals surface area contributed by atoms with Crippen molar-refractivity contribution in [1.82, 2.24) is 0 Å². The highest BCUT2D eigenvalue weighted by atomic mass is 19.2. The van der Waals surface area contributed by atoms with Crippen molar-refractivity contribution in [2.24, 2.45) is 5.92 Å². The van der Waals surface area contributed by atoms with Gasteiger partial charge in [0.15, 0.2) is 23.2 Å². The molecule has 0 bridgehead atoms. The molecule has 1 aliphatic rings. The van der Waals surface area contributed by atoms with E-state index in [0.29, 0.717) is 17.9 Å². The summed E-state index contributed by atoms with van der Waals surface area (Å²) in [5.74, 6) is -4.07. The Morgan fingerprint density at radius 1 is 0.719 bits per heavy atom. The molecule has 0 aliphatic heterocycles. The molecule has 0 aromatic heterocycles. The summed E-state index contributed by atoms with van der Waals surface area (Å²) in [4.78, 5) is 0. The van der Waals surface area contributed by atoms with E-state index in [9.17, 15) is 17.6 Å². The van der Waals surface area contributed by atoms with E-state index in [4.69, 9.17) is 4.74 Å². The number of benzene rings is 2. The number of ether oxygens (including phenoxy) is 1. The standard InChI is InChI=1S/C27H34F4O/c1-3-5-6-7-8-18-9-11-19(12-10-18)20-13-14-21(25(29)24(20)28)22-15-16-23(32-17-4-2)27(31)26(22)30/h13-16,18-19H,3-12,17H2,1-2H3. The van der Waals surface area contributed by atoms with Gasteiger partial charge in [0.05, 0.1) is 6.61 Å². The lowest BCUT2D eigenvalue weighted by Gasteiger charge is -2.29. The third-order valence-electron chi connectivity index (χ3n) is 6.66. The van der Waals surface area contributed by atoms with Crippen molar-refractivity contribution in [3.63, 3.8) is 0 Å². The molecule has 0 radical (unpaired) electrons. The van der Waals surface area contributed by atoms with E-state index < -0.39 is 23.3 Å². The molecule has 32 heavy (non-hydrogen) atoms. The molecule has 0 heterocycles. The Hall–Kier alpha value is -2.04. The van der Waals surface area contributed by atoms with Crippen LogP contribution in [0.15, 0.2) is 24.3 Å². The summed E-state index contributed by atoms with van der Waals surface area (Å²) < 4.78 is 64.0. The van der Waals surface area contributed by atoms with Gasteiger partial charge in [0.1, 0.15) is 0 Å². The second-order valence-corrected chi connectivity index (χ2v) is 8.98. The highest BCUT2D eigenvalue weighted by Gasteiger charge is 2.27. The fourth-order valence-electron chi connectivity index (χ4n) is 4.77. The maximum absolute atomic E-state index is 15.0. The van der Waals surface area contributed by atoms with Gasteiger partial charge in [0, 0.05) is 11.1 Å². The van der Waals surface area contributed by atoms with Crippen LogP contribution in [0.1, 0.15) is 89.5 Å². The lowest BCUT2D eigenvalue weighted by atomic mass is 9.76. The van der Waals surface area contributed by atoms with E-state index in [0.717, 1.165) is 25.7 Å². The number of unbranched alkanes of at least 4 members (excludes halogenated alkanes) is 3. The van der Waals surface area contributed by atoms with Gasteiger partial charge in [-0.3, -0.25) is 0 Å². The second kappa shape index (κ2) is 11.7. The first-order chi connectivity index (χ1) is 15.5. The minimum atomic E-state index is -1.23. The Balaban J connectivity index is 1.72. The van der Waals surface area contributed by atoms with Crippen LogP contribution in [0, 0.1) is 29.2 Å². The van der Waals surface area contributed by atoms with Gasteiger partial charge >= 0.3 is 0 Å². The molecule has 0 atom stereocenters. The molecule has 0 unspecified atom stereocenters. The average molecular weight is 451 g/mol. The smallest absolute Gasteiger partial charge is 0.201 e. The molecule has 3 rings (SSSR count). The first-order valence-electron chi connectivity index (χ1n) is 12.1. The van der Waals surface area contributed by atoms with Crippen LogP contribution in [-0.2, 0) is 0 Å². The predicted octanol–water partition coefficient (Wildman–Crippen LogP) is 8.94. The molecule has 0 saturated heterocycles. The van der Waals surface area contributed by atoms with E-state index >= 15 is 0 Å². The van der Waals surface area contributed by atoms with Crippen LogP contribution < -0.4 is 4.74 Å². The number of hydrogen-bond acceptors (Lipinski definition) is 1. The first-order valence-corrected chi connectivity index (χ1v) is 12.1. The van der Waals surface area contributed by atoms with Crippen LogP contribution in [-0.4, -0.2) is 6.61 Å². The van der Waals surface area contributed by atoms with Crippen LogP contribution >= 0.6 is 0 Å². The Morgan fingerprint density at radius 3 is 2.03 bits per heavy atom. The maximum Gasteiger partial charge on any atom is 0.201 e. The van der Waals surface area contributed by atoms with Crippen molar-refractivity contribution < 1.29 is 22.3 Å². The van der Waals surface area contributed by atoms with Crippen molar-refractivity contribution in [1.29, 1.82) is 0 Å². The molecule has 1 saturated carbocycles. The normalized spacial score (nSPS) is 18.7. The molecule has 2 aromatic rings. The van der Waals surface area contributed by atoms with Crippen molar-refractivity contribution in [2.45, 2.75) is 84.0 Å². The van der Waals surface area contributed by atoms with Crippen molar-refractivity contribution >= 4 is 0 Å². The van der Waals surface area contributed by atoms with Crippen molar-refractivity contribution in [3.05, 3.63) is 53.1 Å². The van der Waals surface area contributed by atoms with Gasteiger partial charge in [-0.1, -0.05) is 58.1 Å². The Bertz CT molecular complexity index is 888. The van der Waals surface area contributed by atoms with Crippen LogP contribution in [0.25, 0.3) is 11.1 Å². The van der Waals surface area contributed by atoms with Crippen LogP contribution in [0.4, 0.5) is 17.6 Å². The Kier molecular flexibility index (Phi) is 9.01. The lowest BCUT2D eigenvalue weighted by Crippen LogP contribution is -2.15. The van der Waals surface area contributed by atoms with Gasteiger partial charge in [0.2, 0.25) is 5.82 Å². The van der Waals surface area contributed by atoms with Crippen molar-refractivity contribution in [3.8, 4) is 16.9 Å². The summed E-state index contributed by atoms with van der Waals surface area (Å²) in [6, 6.07) is 5.41. The SMILES string of the molecule is CCCCCCC1CCC(c2ccc(-c3ccc(OCCC)c(F)c3F)c(F)c2F)CC1. The van der Waals surface area contributed by atoms with Crippen LogP contribution in [0.3, 0.4) is 0 Å². The molecule has 0 amide bonds. The Labute approximate surface area is 189 Å². The number of halogens is 4. The summed E-state index contributed by atoms with van der Waals surface area (Å²) in [5, 5.41) is 0.